The van der Waals surface area contributed by atoms with Crippen LogP contribution in [0, 0.1) is 16.0 Å². The number of nitro benzene ring substituents is 1. The minimum absolute atomic E-state index is 0.00883. The Morgan fingerprint density at radius 2 is 2.20 bits per heavy atom. The quantitative estimate of drug-likeness (QED) is 0.455. The van der Waals surface area contributed by atoms with Crippen molar-refractivity contribution in [2.75, 3.05) is 12.0 Å². The lowest BCUT2D eigenvalue weighted by Gasteiger charge is -2.26. The first kappa shape index (κ1) is 14.7. The number of nitrogens with one attached hydrogen (secondary N) is 1. The summed E-state index contributed by atoms with van der Waals surface area (Å²) < 4.78 is 0. The second-order valence-electron chi connectivity index (χ2n) is 5.72. The zero-order valence-corrected chi connectivity index (χ0v) is 12.0. The Balaban J connectivity index is 2.12. The third-order valence-corrected chi connectivity index (χ3v) is 3.72. The average Bonchev–Trinajstić information content (AvgIpc) is 3.21. The van der Waals surface area contributed by atoms with Crippen molar-refractivity contribution in [2.45, 2.75) is 39.3 Å². The van der Waals surface area contributed by atoms with Crippen LogP contribution in [0.1, 0.15) is 32.3 Å². The third-order valence-electron chi connectivity index (χ3n) is 3.72. The van der Waals surface area contributed by atoms with E-state index in [9.17, 15) is 10.1 Å². The normalized spacial score (nSPS) is 14.8. The zero-order valence-electron chi connectivity index (χ0n) is 12.0. The summed E-state index contributed by atoms with van der Waals surface area (Å²) in [5.41, 5.74) is 3.82. The van der Waals surface area contributed by atoms with Crippen molar-refractivity contribution in [3.63, 3.8) is 0 Å². The van der Waals surface area contributed by atoms with Crippen LogP contribution in [0.4, 0.5) is 11.4 Å². The molecule has 3 N–H and O–H groups in total. The van der Waals surface area contributed by atoms with E-state index in [4.69, 9.17) is 5.84 Å². The Morgan fingerprint density at radius 1 is 1.50 bits per heavy atom. The number of hydrazine groups is 1. The predicted molar refractivity (Wildman–Crippen MR) is 79.2 cm³/mol. The van der Waals surface area contributed by atoms with Gasteiger partial charge < -0.3 is 5.43 Å². The number of rotatable bonds is 7. The van der Waals surface area contributed by atoms with Gasteiger partial charge in [0.25, 0.3) is 5.69 Å². The molecule has 0 atom stereocenters. The van der Waals surface area contributed by atoms with E-state index < -0.39 is 4.92 Å². The standard InChI is InChI=1S/C14H22N4O2/c1-10(2)17(8-11-3-4-11)9-12-5-6-14(18(19)20)13(7-12)16-15/h5-7,10-11,16H,3-4,8-9,15H2,1-2H3. The van der Waals surface area contributed by atoms with Crippen molar-refractivity contribution < 1.29 is 4.92 Å². The summed E-state index contributed by atoms with van der Waals surface area (Å²) in [5.74, 6) is 6.19. The Labute approximate surface area is 119 Å². The van der Waals surface area contributed by atoms with Crippen LogP contribution >= 0.6 is 0 Å². The molecule has 1 aliphatic carbocycles. The molecule has 20 heavy (non-hydrogen) atoms. The molecule has 0 amide bonds. The van der Waals surface area contributed by atoms with Crippen LogP contribution in [0.5, 0.6) is 0 Å². The van der Waals surface area contributed by atoms with Gasteiger partial charge in [-0.25, -0.2) is 0 Å². The average molecular weight is 278 g/mol. The molecule has 2 rings (SSSR count). The number of nitrogens with zero attached hydrogens (tertiary/aromatic N) is 2. The monoisotopic (exact) mass is 278 g/mol. The molecule has 0 heterocycles. The van der Waals surface area contributed by atoms with Gasteiger partial charge in [-0.05, 0) is 44.2 Å². The van der Waals surface area contributed by atoms with Crippen LogP contribution in [0.3, 0.4) is 0 Å². The molecular weight excluding hydrogens is 256 g/mol. The van der Waals surface area contributed by atoms with Crippen LogP contribution in [0.2, 0.25) is 0 Å². The fourth-order valence-electron chi connectivity index (χ4n) is 2.28. The molecule has 1 aromatic carbocycles. The molecule has 0 spiro atoms. The summed E-state index contributed by atoms with van der Waals surface area (Å²) in [6, 6.07) is 5.54. The van der Waals surface area contributed by atoms with Crippen molar-refractivity contribution in [2.24, 2.45) is 11.8 Å². The van der Waals surface area contributed by atoms with Gasteiger partial charge in [-0.3, -0.25) is 20.9 Å². The molecule has 110 valence electrons. The van der Waals surface area contributed by atoms with Gasteiger partial charge >= 0.3 is 0 Å². The first-order valence-electron chi connectivity index (χ1n) is 6.99. The molecule has 1 aliphatic rings. The molecule has 1 saturated carbocycles. The maximum Gasteiger partial charge on any atom is 0.293 e. The summed E-state index contributed by atoms with van der Waals surface area (Å²) in [6.45, 7) is 6.24. The molecule has 0 bridgehead atoms. The van der Waals surface area contributed by atoms with Crippen LogP contribution in [0.15, 0.2) is 18.2 Å². The number of hydrogen-bond acceptors (Lipinski definition) is 5. The van der Waals surface area contributed by atoms with E-state index in [1.807, 2.05) is 0 Å². The number of anilines is 1. The van der Waals surface area contributed by atoms with E-state index in [-0.39, 0.29) is 5.69 Å². The van der Waals surface area contributed by atoms with Gasteiger partial charge in [-0.1, -0.05) is 6.07 Å². The lowest BCUT2D eigenvalue weighted by Crippen LogP contribution is -2.32. The SMILES string of the molecule is CC(C)N(Cc1ccc([N+](=O)[O-])c(NN)c1)CC1CC1. The summed E-state index contributed by atoms with van der Waals surface area (Å²) in [5, 5.41) is 10.9. The summed E-state index contributed by atoms with van der Waals surface area (Å²) in [6.07, 6.45) is 2.64. The second kappa shape index (κ2) is 6.19. The second-order valence-corrected chi connectivity index (χ2v) is 5.72. The van der Waals surface area contributed by atoms with Gasteiger partial charge in [-0.2, -0.15) is 0 Å². The van der Waals surface area contributed by atoms with E-state index >= 15 is 0 Å². The molecule has 1 aromatic rings. The van der Waals surface area contributed by atoms with Crippen molar-refractivity contribution in [3.8, 4) is 0 Å². The molecule has 0 aromatic heterocycles. The Kier molecular flexibility index (Phi) is 4.57. The van der Waals surface area contributed by atoms with Gasteiger partial charge in [0.15, 0.2) is 0 Å². The summed E-state index contributed by atoms with van der Waals surface area (Å²) >= 11 is 0. The van der Waals surface area contributed by atoms with Crippen LogP contribution < -0.4 is 11.3 Å². The topological polar surface area (TPSA) is 84.4 Å². The van der Waals surface area contributed by atoms with Crippen LogP contribution in [0.25, 0.3) is 0 Å². The highest BCUT2D eigenvalue weighted by molar-refractivity contribution is 5.62. The first-order chi connectivity index (χ1) is 9.51. The molecule has 0 aliphatic heterocycles. The van der Waals surface area contributed by atoms with E-state index in [1.165, 1.54) is 18.9 Å². The largest absolute Gasteiger partial charge is 0.318 e. The highest BCUT2D eigenvalue weighted by Crippen LogP contribution is 2.31. The Bertz CT molecular complexity index is 486. The van der Waals surface area contributed by atoms with Gasteiger partial charge in [-0.15, -0.1) is 0 Å². The Hall–Kier alpha value is -1.66. The Morgan fingerprint density at radius 3 is 2.70 bits per heavy atom. The third kappa shape index (κ3) is 3.68. The van der Waals surface area contributed by atoms with Crippen molar-refractivity contribution >= 4 is 11.4 Å². The molecule has 6 heteroatoms. The molecule has 0 unspecified atom stereocenters. The summed E-state index contributed by atoms with van der Waals surface area (Å²) in [7, 11) is 0. The number of nitrogens with two attached hydrogens (primary N) is 1. The number of benzene rings is 1. The van der Waals surface area contributed by atoms with Gasteiger partial charge in [0.2, 0.25) is 0 Å². The fraction of sp³-hybridized carbons (Fsp3) is 0.571. The molecule has 1 fully saturated rings. The number of nitrogen functional groups attached to an aromatic ring is 1. The van der Waals surface area contributed by atoms with Crippen molar-refractivity contribution in [3.05, 3.63) is 33.9 Å². The first-order valence-corrected chi connectivity index (χ1v) is 6.99. The minimum Gasteiger partial charge on any atom is -0.318 e. The zero-order chi connectivity index (χ0) is 14.7. The van der Waals surface area contributed by atoms with E-state index in [1.54, 1.807) is 12.1 Å². The van der Waals surface area contributed by atoms with Crippen molar-refractivity contribution in [1.29, 1.82) is 0 Å². The van der Waals surface area contributed by atoms with Gasteiger partial charge in [0.05, 0.1) is 4.92 Å². The van der Waals surface area contributed by atoms with Crippen LogP contribution in [-0.2, 0) is 6.54 Å². The lowest BCUT2D eigenvalue weighted by molar-refractivity contribution is -0.384. The maximum atomic E-state index is 10.9. The van der Waals surface area contributed by atoms with Gasteiger partial charge in [0.1, 0.15) is 5.69 Å². The van der Waals surface area contributed by atoms with E-state index in [0.29, 0.717) is 11.7 Å². The summed E-state index contributed by atoms with van der Waals surface area (Å²) in [4.78, 5) is 12.9. The predicted octanol–water partition coefficient (Wildman–Crippen LogP) is 2.50. The van der Waals surface area contributed by atoms with E-state index in [0.717, 1.165) is 24.6 Å². The lowest BCUT2D eigenvalue weighted by atomic mass is 10.1. The van der Waals surface area contributed by atoms with Crippen LogP contribution in [-0.4, -0.2) is 22.4 Å². The number of hydrogen-bond donors (Lipinski definition) is 2. The molecule has 0 saturated heterocycles. The minimum atomic E-state index is -0.427. The van der Waals surface area contributed by atoms with Gasteiger partial charge in [0, 0.05) is 25.2 Å². The fourth-order valence-corrected chi connectivity index (χ4v) is 2.28. The highest BCUT2D eigenvalue weighted by atomic mass is 16.6. The smallest absolute Gasteiger partial charge is 0.293 e. The molecular formula is C14H22N4O2. The highest BCUT2D eigenvalue weighted by Gasteiger charge is 2.25. The number of nitro groups is 1. The van der Waals surface area contributed by atoms with E-state index in [2.05, 4.69) is 24.2 Å². The van der Waals surface area contributed by atoms with Crippen molar-refractivity contribution in [1.82, 2.24) is 4.90 Å². The molecule has 6 nitrogen and oxygen atoms in total. The molecule has 0 radical (unpaired) electrons. The maximum absolute atomic E-state index is 10.9.